The second kappa shape index (κ2) is 10.1. The molecule has 1 amide bonds. The SMILES string of the molecule is CN(C(=O)/C=C/c1cccc(OC(F)(F)F)c1)C1CC2Oc3c(O)ccc4c3[C@@]23CCN(CC2CC2)[C@H](C4)[C@]3(O)C1.Cl. The number of hydrogen-bond donors (Lipinski definition) is 2. The van der Waals surface area contributed by atoms with Crippen molar-refractivity contribution in [1.82, 2.24) is 9.80 Å². The maximum atomic E-state index is 13.3. The normalized spacial score (nSPS) is 31.2. The Balaban J connectivity index is 0.00000316. The van der Waals surface area contributed by atoms with Gasteiger partial charge in [0.25, 0.3) is 0 Å². The number of likely N-dealkylation sites (tertiary alicyclic amines) is 1. The summed E-state index contributed by atoms with van der Waals surface area (Å²) in [6.45, 7) is 1.81. The molecule has 3 aliphatic carbocycles. The van der Waals surface area contributed by atoms with Crippen molar-refractivity contribution in [3.63, 3.8) is 0 Å². The first-order valence-corrected chi connectivity index (χ1v) is 14.3. The summed E-state index contributed by atoms with van der Waals surface area (Å²) in [6.07, 6.45) is 2.27. The van der Waals surface area contributed by atoms with Crippen molar-refractivity contribution in [2.75, 3.05) is 20.1 Å². The van der Waals surface area contributed by atoms with Crippen molar-refractivity contribution in [2.24, 2.45) is 5.92 Å². The van der Waals surface area contributed by atoms with Crippen LogP contribution in [0.25, 0.3) is 6.08 Å². The van der Waals surface area contributed by atoms with Crippen LogP contribution in [0.3, 0.4) is 0 Å². The van der Waals surface area contributed by atoms with Crippen molar-refractivity contribution in [3.05, 3.63) is 59.2 Å². The third-order valence-electron chi connectivity index (χ3n) is 10.1. The van der Waals surface area contributed by atoms with E-state index in [1.165, 1.54) is 43.2 Å². The molecule has 11 heteroatoms. The summed E-state index contributed by atoms with van der Waals surface area (Å²) in [5.74, 6) is 0.519. The van der Waals surface area contributed by atoms with Gasteiger partial charge in [-0.3, -0.25) is 9.69 Å². The number of aromatic hydroxyl groups is 1. The molecule has 5 atom stereocenters. The highest BCUT2D eigenvalue weighted by atomic mass is 35.5. The zero-order valence-electron chi connectivity index (χ0n) is 23.1. The molecule has 2 bridgehead atoms. The summed E-state index contributed by atoms with van der Waals surface area (Å²) in [7, 11) is 1.69. The number of carbonyl (C=O) groups excluding carboxylic acids is 1. The lowest BCUT2D eigenvalue weighted by Gasteiger charge is -2.64. The van der Waals surface area contributed by atoms with Crippen LogP contribution >= 0.6 is 12.4 Å². The topological polar surface area (TPSA) is 82.5 Å². The van der Waals surface area contributed by atoms with Gasteiger partial charge >= 0.3 is 6.36 Å². The van der Waals surface area contributed by atoms with E-state index >= 15 is 0 Å². The molecule has 2 unspecified atom stereocenters. The quantitative estimate of drug-likeness (QED) is 0.459. The molecule has 0 radical (unpaired) electrons. The summed E-state index contributed by atoms with van der Waals surface area (Å²) >= 11 is 0. The van der Waals surface area contributed by atoms with Crippen LogP contribution in [0.2, 0.25) is 0 Å². The Kier molecular flexibility index (Phi) is 6.98. The molecule has 7 nitrogen and oxygen atoms in total. The number of hydrogen-bond acceptors (Lipinski definition) is 6. The number of benzene rings is 2. The maximum absolute atomic E-state index is 13.3. The number of ether oxygens (including phenoxy) is 2. The summed E-state index contributed by atoms with van der Waals surface area (Å²) in [5, 5.41) is 23.5. The van der Waals surface area contributed by atoms with E-state index < -0.39 is 23.5 Å². The van der Waals surface area contributed by atoms with Crippen molar-refractivity contribution < 1.29 is 37.7 Å². The molecule has 2 aromatic rings. The fraction of sp³-hybridized carbons (Fsp3) is 0.516. The van der Waals surface area contributed by atoms with Crippen LogP contribution in [0.1, 0.15) is 48.8 Å². The zero-order chi connectivity index (χ0) is 28.7. The number of amides is 1. The minimum absolute atomic E-state index is 0. The Morgan fingerprint density at radius 2 is 2.05 bits per heavy atom. The van der Waals surface area contributed by atoms with E-state index in [-0.39, 0.29) is 41.9 Å². The molecule has 1 saturated heterocycles. The molecule has 3 fully saturated rings. The standard InChI is InChI=1S/C31H33F3N2O5.ClH/c1-35(26(38)10-7-18-3-2-4-22(13-18)41-31(32,33)34)21-15-25-29-11-12-36(17-19-5-6-19)24(30(29,39)16-21)14-20-8-9-23(37)28(40-25)27(20)29;/h2-4,7-10,13,19,21,24-25,37,39H,5-6,11-12,14-17H2,1H3;1H/b10-7+;/t21?,24-,25?,29-,30-;/m1./s1. The Morgan fingerprint density at radius 3 is 2.79 bits per heavy atom. The summed E-state index contributed by atoms with van der Waals surface area (Å²) in [6, 6.07) is 8.63. The number of phenolic OH excluding ortho intramolecular Hbond substituents is 1. The van der Waals surface area contributed by atoms with E-state index in [1.807, 2.05) is 6.07 Å². The second-order valence-corrected chi connectivity index (χ2v) is 12.4. The van der Waals surface area contributed by atoms with Gasteiger partial charge in [0.05, 0.1) is 11.0 Å². The Bertz CT molecular complexity index is 1430. The predicted molar refractivity (Wildman–Crippen MR) is 151 cm³/mol. The van der Waals surface area contributed by atoms with Crippen molar-refractivity contribution >= 4 is 24.4 Å². The lowest BCUT2D eigenvalue weighted by molar-refractivity contribution is -0.274. The molecule has 42 heavy (non-hydrogen) atoms. The van der Waals surface area contributed by atoms with E-state index in [0.29, 0.717) is 36.5 Å². The second-order valence-electron chi connectivity index (χ2n) is 12.4. The van der Waals surface area contributed by atoms with Gasteiger partial charge in [-0.1, -0.05) is 18.2 Å². The van der Waals surface area contributed by atoms with Crippen LogP contribution in [-0.2, 0) is 16.6 Å². The number of halogens is 4. The van der Waals surface area contributed by atoms with E-state index in [9.17, 15) is 28.2 Å². The number of alkyl halides is 3. The lowest BCUT2D eigenvalue weighted by Crippen LogP contribution is -2.77. The Hall–Kier alpha value is -2.95. The summed E-state index contributed by atoms with van der Waals surface area (Å²) in [4.78, 5) is 17.4. The molecule has 2 aromatic carbocycles. The molecule has 226 valence electrons. The highest BCUT2D eigenvalue weighted by molar-refractivity contribution is 5.92. The molecule has 7 rings (SSSR count). The largest absolute Gasteiger partial charge is 0.573 e. The highest BCUT2D eigenvalue weighted by Crippen LogP contribution is 2.65. The molecular weight excluding hydrogens is 573 g/mol. The monoisotopic (exact) mass is 606 g/mol. The number of piperidine rings is 1. The first-order chi connectivity index (χ1) is 19.5. The first kappa shape index (κ1) is 29.1. The molecular formula is C31H34ClF3N2O5. The summed E-state index contributed by atoms with van der Waals surface area (Å²) < 4.78 is 48.3. The number of rotatable bonds is 6. The van der Waals surface area contributed by atoms with Crippen LogP contribution < -0.4 is 9.47 Å². The number of carbonyl (C=O) groups is 1. The van der Waals surface area contributed by atoms with Gasteiger partial charge in [-0.25, -0.2) is 0 Å². The van der Waals surface area contributed by atoms with E-state index in [1.54, 1.807) is 24.1 Å². The number of nitrogens with zero attached hydrogens (tertiary/aromatic N) is 2. The fourth-order valence-electron chi connectivity index (χ4n) is 8.06. The van der Waals surface area contributed by atoms with Gasteiger partial charge in [-0.05, 0) is 80.0 Å². The minimum Gasteiger partial charge on any atom is -0.504 e. The van der Waals surface area contributed by atoms with Gasteiger partial charge in [0.2, 0.25) is 5.91 Å². The Labute approximate surface area is 248 Å². The lowest BCUT2D eigenvalue weighted by atomic mass is 9.48. The third kappa shape index (κ3) is 4.53. The van der Waals surface area contributed by atoms with Gasteiger partial charge < -0.3 is 24.6 Å². The maximum Gasteiger partial charge on any atom is 0.573 e. The van der Waals surface area contributed by atoms with E-state index in [0.717, 1.165) is 30.6 Å². The minimum atomic E-state index is -4.80. The van der Waals surface area contributed by atoms with Crippen LogP contribution in [0.4, 0.5) is 13.2 Å². The fourth-order valence-corrected chi connectivity index (χ4v) is 8.06. The average Bonchev–Trinajstić information content (AvgIpc) is 3.66. The highest BCUT2D eigenvalue weighted by Gasteiger charge is 2.72. The zero-order valence-corrected chi connectivity index (χ0v) is 24.0. The van der Waals surface area contributed by atoms with E-state index in [4.69, 9.17) is 4.74 Å². The van der Waals surface area contributed by atoms with Crippen LogP contribution in [0.5, 0.6) is 17.2 Å². The molecule has 5 aliphatic rings. The van der Waals surface area contributed by atoms with Crippen molar-refractivity contribution in [2.45, 2.75) is 74.1 Å². The van der Waals surface area contributed by atoms with Gasteiger partial charge in [0.1, 0.15) is 11.9 Å². The smallest absolute Gasteiger partial charge is 0.504 e. The molecule has 2 heterocycles. The number of phenols is 1. The predicted octanol–water partition coefficient (Wildman–Crippen LogP) is 4.82. The van der Waals surface area contributed by atoms with E-state index in [2.05, 4.69) is 9.64 Å². The van der Waals surface area contributed by atoms with Crippen molar-refractivity contribution in [1.29, 1.82) is 0 Å². The van der Waals surface area contributed by atoms with Gasteiger partial charge in [-0.2, -0.15) is 0 Å². The molecule has 2 N–H and O–H groups in total. The molecule has 0 aromatic heterocycles. The average molecular weight is 607 g/mol. The van der Waals surface area contributed by atoms with Crippen LogP contribution in [-0.4, -0.2) is 76.2 Å². The van der Waals surface area contributed by atoms with Gasteiger partial charge in [-0.15, -0.1) is 25.6 Å². The third-order valence-corrected chi connectivity index (χ3v) is 10.1. The Morgan fingerprint density at radius 1 is 1.26 bits per heavy atom. The summed E-state index contributed by atoms with van der Waals surface area (Å²) in [5.41, 5.74) is 0.666. The van der Waals surface area contributed by atoms with Crippen LogP contribution in [0, 0.1) is 5.92 Å². The molecule has 2 saturated carbocycles. The van der Waals surface area contributed by atoms with Gasteiger partial charge in [0, 0.05) is 43.7 Å². The number of likely N-dealkylation sites (N-methyl/N-ethyl adjacent to an activating group) is 1. The number of aliphatic hydroxyl groups is 1. The van der Waals surface area contributed by atoms with Gasteiger partial charge in [0.15, 0.2) is 11.5 Å². The molecule has 1 spiro atoms. The molecule has 2 aliphatic heterocycles. The van der Waals surface area contributed by atoms with Crippen LogP contribution in [0.15, 0.2) is 42.5 Å². The van der Waals surface area contributed by atoms with Crippen molar-refractivity contribution in [3.8, 4) is 17.2 Å². The first-order valence-electron chi connectivity index (χ1n) is 14.3.